The van der Waals surface area contributed by atoms with Crippen molar-refractivity contribution in [1.82, 2.24) is 4.90 Å². The van der Waals surface area contributed by atoms with E-state index in [9.17, 15) is 4.79 Å². The lowest BCUT2D eigenvalue weighted by Gasteiger charge is -2.29. The van der Waals surface area contributed by atoms with E-state index >= 15 is 0 Å². The van der Waals surface area contributed by atoms with Gasteiger partial charge in [0.2, 0.25) is 0 Å². The fraction of sp³-hybridized carbons (Fsp3) is 0.615. The first kappa shape index (κ1) is 12.5. The highest BCUT2D eigenvalue weighted by Gasteiger charge is 2.40. The second-order valence-corrected chi connectivity index (χ2v) is 7.05. The maximum Gasteiger partial charge on any atom is 0.263 e. The number of carbonyl (C=O) groups is 1. The molecule has 3 nitrogen and oxygen atoms in total. The summed E-state index contributed by atoms with van der Waals surface area (Å²) in [6, 6.07) is 3.87. The fourth-order valence-electron chi connectivity index (χ4n) is 3.27. The van der Waals surface area contributed by atoms with Crippen LogP contribution in [-0.4, -0.2) is 29.9 Å². The minimum atomic E-state index is 0.119. The molecule has 0 bridgehead atoms. The molecule has 1 amide bonds. The van der Waals surface area contributed by atoms with Gasteiger partial charge in [0, 0.05) is 19.1 Å². The molecule has 98 valence electrons. The zero-order valence-electron chi connectivity index (χ0n) is 10.1. The maximum atomic E-state index is 12.3. The van der Waals surface area contributed by atoms with Crippen LogP contribution >= 0.6 is 22.9 Å². The molecule has 1 aromatic rings. The molecule has 2 fully saturated rings. The number of thiophene rings is 1. The van der Waals surface area contributed by atoms with Crippen molar-refractivity contribution in [3.63, 3.8) is 0 Å². The van der Waals surface area contributed by atoms with E-state index in [1.807, 2.05) is 11.0 Å². The van der Waals surface area contributed by atoms with Gasteiger partial charge in [0.15, 0.2) is 0 Å². The molecule has 2 heterocycles. The van der Waals surface area contributed by atoms with E-state index in [0.29, 0.717) is 16.2 Å². The average molecular weight is 285 g/mol. The van der Waals surface area contributed by atoms with Crippen molar-refractivity contribution in [3.05, 3.63) is 21.3 Å². The molecule has 0 aromatic carbocycles. The second-order valence-electron chi connectivity index (χ2n) is 5.33. The van der Waals surface area contributed by atoms with E-state index in [4.69, 9.17) is 17.3 Å². The van der Waals surface area contributed by atoms with Crippen molar-refractivity contribution in [2.45, 2.75) is 25.3 Å². The van der Waals surface area contributed by atoms with Gasteiger partial charge in [0.05, 0.1) is 9.21 Å². The van der Waals surface area contributed by atoms with E-state index in [1.165, 1.54) is 24.2 Å². The molecule has 0 radical (unpaired) electrons. The number of carbonyl (C=O) groups excluding carboxylic acids is 1. The molecule has 2 aliphatic rings. The monoisotopic (exact) mass is 284 g/mol. The molecule has 1 aliphatic carbocycles. The summed E-state index contributed by atoms with van der Waals surface area (Å²) in [4.78, 5) is 15.1. The number of hydrogen-bond acceptors (Lipinski definition) is 3. The third kappa shape index (κ3) is 2.17. The average Bonchev–Trinajstić information content (AvgIpc) is 2.95. The number of amides is 1. The van der Waals surface area contributed by atoms with Crippen LogP contribution in [0.1, 0.15) is 28.9 Å². The molecule has 3 atom stereocenters. The lowest BCUT2D eigenvalue weighted by atomic mass is 9.78. The number of halogens is 1. The second kappa shape index (κ2) is 4.83. The molecule has 5 heteroatoms. The van der Waals surface area contributed by atoms with Crippen molar-refractivity contribution in [2.24, 2.45) is 17.6 Å². The van der Waals surface area contributed by atoms with E-state index in [1.54, 1.807) is 6.07 Å². The molecule has 0 spiro atoms. The van der Waals surface area contributed by atoms with Gasteiger partial charge in [-0.1, -0.05) is 18.0 Å². The Hall–Kier alpha value is -0.580. The van der Waals surface area contributed by atoms with E-state index < -0.39 is 0 Å². The molecule has 1 saturated carbocycles. The van der Waals surface area contributed by atoms with Crippen LogP contribution in [0.4, 0.5) is 0 Å². The number of rotatable bonds is 1. The van der Waals surface area contributed by atoms with Gasteiger partial charge in [0.1, 0.15) is 0 Å². The van der Waals surface area contributed by atoms with Crippen LogP contribution in [0.3, 0.4) is 0 Å². The summed E-state index contributed by atoms with van der Waals surface area (Å²) in [5.41, 5.74) is 6.17. The van der Waals surface area contributed by atoms with Crippen LogP contribution in [0, 0.1) is 11.8 Å². The molecule has 1 aromatic heterocycles. The molecule has 18 heavy (non-hydrogen) atoms. The molecule has 1 saturated heterocycles. The highest BCUT2D eigenvalue weighted by Crippen LogP contribution is 2.36. The number of likely N-dealkylation sites (tertiary alicyclic amines) is 1. The Morgan fingerprint density at radius 2 is 2.22 bits per heavy atom. The van der Waals surface area contributed by atoms with E-state index in [0.717, 1.165) is 24.4 Å². The molecule has 1 aliphatic heterocycles. The fourth-order valence-corrected chi connectivity index (χ4v) is 4.28. The lowest BCUT2D eigenvalue weighted by Crippen LogP contribution is -2.38. The number of hydrogen-bond donors (Lipinski definition) is 1. The Balaban J connectivity index is 1.73. The van der Waals surface area contributed by atoms with Gasteiger partial charge < -0.3 is 10.6 Å². The first-order valence-electron chi connectivity index (χ1n) is 6.45. The number of nitrogens with zero attached hydrogens (tertiary/aromatic N) is 1. The van der Waals surface area contributed by atoms with Crippen molar-refractivity contribution in [3.8, 4) is 0 Å². The molecular weight excluding hydrogens is 268 g/mol. The smallest absolute Gasteiger partial charge is 0.263 e. The summed E-state index contributed by atoms with van der Waals surface area (Å²) in [6.07, 6.45) is 3.52. The van der Waals surface area contributed by atoms with Crippen LogP contribution in [0.25, 0.3) is 0 Å². The Labute approximate surface area is 116 Å². The SMILES string of the molecule is NC1CCCC2CN(C(=O)c3ccc(Cl)s3)CC12. The first-order valence-corrected chi connectivity index (χ1v) is 7.65. The van der Waals surface area contributed by atoms with Crippen LogP contribution in [0.2, 0.25) is 4.34 Å². The summed E-state index contributed by atoms with van der Waals surface area (Å²) >= 11 is 7.24. The number of fused-ring (bicyclic) bond motifs is 1. The predicted molar refractivity (Wildman–Crippen MR) is 74.0 cm³/mol. The molecular formula is C13H17ClN2OS. The normalized spacial score (nSPS) is 31.4. The zero-order valence-corrected chi connectivity index (χ0v) is 11.7. The predicted octanol–water partition coefficient (Wildman–Crippen LogP) is 2.60. The summed E-state index contributed by atoms with van der Waals surface area (Å²) in [5.74, 6) is 1.22. The topological polar surface area (TPSA) is 46.3 Å². The van der Waals surface area contributed by atoms with Crippen LogP contribution in [-0.2, 0) is 0 Å². The molecule has 2 N–H and O–H groups in total. The standard InChI is InChI=1S/C13H17ClN2OS/c14-12-5-4-11(18-12)13(17)16-6-8-2-1-3-10(15)9(8)7-16/h4-5,8-10H,1-3,6-7,15H2. The Kier molecular flexibility index (Phi) is 3.34. The van der Waals surface area contributed by atoms with Crippen molar-refractivity contribution in [1.29, 1.82) is 0 Å². The van der Waals surface area contributed by atoms with Gasteiger partial charge in [0.25, 0.3) is 5.91 Å². The Bertz CT molecular complexity index is 462. The van der Waals surface area contributed by atoms with Crippen LogP contribution < -0.4 is 5.73 Å². The highest BCUT2D eigenvalue weighted by atomic mass is 35.5. The largest absolute Gasteiger partial charge is 0.337 e. The Morgan fingerprint density at radius 3 is 2.89 bits per heavy atom. The molecule has 3 rings (SSSR count). The van der Waals surface area contributed by atoms with Gasteiger partial charge in [-0.15, -0.1) is 11.3 Å². The summed E-state index contributed by atoms with van der Waals surface area (Å²) < 4.78 is 0.673. The van der Waals surface area contributed by atoms with Gasteiger partial charge in [-0.05, 0) is 36.8 Å². The third-order valence-electron chi connectivity index (χ3n) is 4.23. The van der Waals surface area contributed by atoms with Gasteiger partial charge in [-0.25, -0.2) is 0 Å². The van der Waals surface area contributed by atoms with Crippen molar-refractivity contribution >= 4 is 28.8 Å². The number of nitrogens with two attached hydrogens (primary N) is 1. The minimum Gasteiger partial charge on any atom is -0.337 e. The van der Waals surface area contributed by atoms with Crippen molar-refractivity contribution in [2.75, 3.05) is 13.1 Å². The Morgan fingerprint density at radius 1 is 1.39 bits per heavy atom. The lowest BCUT2D eigenvalue weighted by molar-refractivity contribution is 0.0788. The quantitative estimate of drug-likeness (QED) is 0.862. The highest BCUT2D eigenvalue weighted by molar-refractivity contribution is 7.17. The van der Waals surface area contributed by atoms with Gasteiger partial charge in [-0.3, -0.25) is 4.79 Å². The van der Waals surface area contributed by atoms with Crippen molar-refractivity contribution < 1.29 is 4.79 Å². The van der Waals surface area contributed by atoms with Crippen LogP contribution in [0.15, 0.2) is 12.1 Å². The maximum absolute atomic E-state index is 12.3. The molecule has 3 unspecified atom stereocenters. The van der Waals surface area contributed by atoms with Crippen LogP contribution in [0.5, 0.6) is 0 Å². The minimum absolute atomic E-state index is 0.119. The van der Waals surface area contributed by atoms with E-state index in [-0.39, 0.29) is 11.9 Å². The van der Waals surface area contributed by atoms with Gasteiger partial charge in [-0.2, -0.15) is 0 Å². The first-order chi connectivity index (χ1) is 8.65. The summed E-state index contributed by atoms with van der Waals surface area (Å²) in [7, 11) is 0. The summed E-state index contributed by atoms with van der Waals surface area (Å²) in [5, 5.41) is 0. The third-order valence-corrected chi connectivity index (χ3v) is 5.44. The summed E-state index contributed by atoms with van der Waals surface area (Å²) in [6.45, 7) is 1.69. The zero-order chi connectivity index (χ0) is 12.7. The van der Waals surface area contributed by atoms with E-state index in [2.05, 4.69) is 0 Å². The van der Waals surface area contributed by atoms with Gasteiger partial charge >= 0.3 is 0 Å².